The van der Waals surface area contributed by atoms with Crippen LogP contribution in [0.25, 0.3) is 10.9 Å². The molecule has 0 spiro atoms. The van der Waals surface area contributed by atoms with Crippen LogP contribution in [0.3, 0.4) is 0 Å². The van der Waals surface area contributed by atoms with Crippen LogP contribution in [0.15, 0.2) is 30.5 Å². The van der Waals surface area contributed by atoms with Gasteiger partial charge in [-0.15, -0.1) is 0 Å². The molecule has 0 bridgehead atoms. The quantitative estimate of drug-likeness (QED) is 0.643. The van der Waals surface area contributed by atoms with Crippen LogP contribution >= 0.6 is 0 Å². The Morgan fingerprint density at radius 1 is 1.33 bits per heavy atom. The van der Waals surface area contributed by atoms with Gasteiger partial charge in [0.15, 0.2) is 0 Å². The molecule has 2 aromatic rings. The van der Waals surface area contributed by atoms with E-state index in [0.717, 1.165) is 16.6 Å². The summed E-state index contributed by atoms with van der Waals surface area (Å²) >= 11 is 0. The SMILES string of the molecule is Nc1cccc2c1ccn2CC(O)CO. The van der Waals surface area contributed by atoms with Crippen LogP contribution in [0.2, 0.25) is 0 Å². The molecule has 4 heteroatoms. The number of benzene rings is 1. The molecular formula is C11H14N2O2. The highest BCUT2D eigenvalue weighted by molar-refractivity contribution is 5.91. The molecule has 4 N–H and O–H groups in total. The Labute approximate surface area is 87.6 Å². The molecule has 1 aromatic carbocycles. The summed E-state index contributed by atoms with van der Waals surface area (Å²) in [6.07, 6.45) is 1.13. The van der Waals surface area contributed by atoms with Crippen molar-refractivity contribution >= 4 is 16.6 Å². The number of anilines is 1. The second-order valence-corrected chi connectivity index (χ2v) is 3.58. The number of aliphatic hydroxyl groups is 2. The van der Waals surface area contributed by atoms with Gasteiger partial charge in [-0.05, 0) is 18.2 Å². The smallest absolute Gasteiger partial charge is 0.0949 e. The van der Waals surface area contributed by atoms with Gasteiger partial charge in [0.2, 0.25) is 0 Å². The van der Waals surface area contributed by atoms with Crippen molar-refractivity contribution in [3.8, 4) is 0 Å². The predicted octanol–water partition coefficient (Wildman–Crippen LogP) is 0.577. The van der Waals surface area contributed by atoms with E-state index < -0.39 is 6.10 Å². The number of rotatable bonds is 3. The minimum absolute atomic E-state index is 0.234. The number of hydrogen-bond acceptors (Lipinski definition) is 3. The van der Waals surface area contributed by atoms with Crippen molar-refractivity contribution in [1.29, 1.82) is 0 Å². The van der Waals surface area contributed by atoms with Gasteiger partial charge in [-0.2, -0.15) is 0 Å². The van der Waals surface area contributed by atoms with Crippen LogP contribution in [0.5, 0.6) is 0 Å². The zero-order valence-corrected chi connectivity index (χ0v) is 8.30. The Morgan fingerprint density at radius 3 is 2.87 bits per heavy atom. The monoisotopic (exact) mass is 206 g/mol. The third-order valence-corrected chi connectivity index (χ3v) is 2.47. The minimum atomic E-state index is -0.734. The second kappa shape index (κ2) is 3.92. The van der Waals surface area contributed by atoms with Gasteiger partial charge in [0.05, 0.1) is 24.8 Å². The van der Waals surface area contributed by atoms with Crippen LogP contribution in [-0.2, 0) is 6.54 Å². The molecular weight excluding hydrogens is 192 g/mol. The molecule has 0 saturated carbocycles. The Hall–Kier alpha value is -1.52. The number of nitrogens with zero attached hydrogens (tertiary/aromatic N) is 1. The lowest BCUT2D eigenvalue weighted by Gasteiger charge is -2.09. The van der Waals surface area contributed by atoms with Gasteiger partial charge in [0, 0.05) is 17.3 Å². The molecule has 4 nitrogen and oxygen atoms in total. The molecule has 15 heavy (non-hydrogen) atoms. The molecule has 0 radical (unpaired) electrons. The van der Waals surface area contributed by atoms with E-state index in [-0.39, 0.29) is 6.61 Å². The number of fused-ring (bicyclic) bond motifs is 1. The van der Waals surface area contributed by atoms with E-state index in [2.05, 4.69) is 0 Å². The van der Waals surface area contributed by atoms with Crippen molar-refractivity contribution in [2.24, 2.45) is 0 Å². The van der Waals surface area contributed by atoms with Crippen LogP contribution in [-0.4, -0.2) is 27.5 Å². The Balaban J connectivity index is 2.41. The van der Waals surface area contributed by atoms with Gasteiger partial charge in [-0.1, -0.05) is 6.07 Å². The summed E-state index contributed by atoms with van der Waals surface area (Å²) in [5.41, 5.74) is 7.51. The van der Waals surface area contributed by atoms with Crippen LogP contribution < -0.4 is 5.73 Å². The first-order chi connectivity index (χ1) is 7.22. The van der Waals surface area contributed by atoms with Crippen molar-refractivity contribution in [2.75, 3.05) is 12.3 Å². The average molecular weight is 206 g/mol. The molecule has 0 saturated heterocycles. The molecule has 1 aromatic heterocycles. The molecule has 0 aliphatic rings. The summed E-state index contributed by atoms with van der Waals surface area (Å²) in [6, 6.07) is 7.57. The third-order valence-electron chi connectivity index (χ3n) is 2.47. The number of aliphatic hydroxyl groups excluding tert-OH is 2. The van der Waals surface area contributed by atoms with Crippen molar-refractivity contribution in [1.82, 2.24) is 4.57 Å². The van der Waals surface area contributed by atoms with Gasteiger partial charge in [-0.25, -0.2) is 0 Å². The maximum Gasteiger partial charge on any atom is 0.0949 e. The van der Waals surface area contributed by atoms with E-state index in [0.29, 0.717) is 6.54 Å². The molecule has 0 amide bonds. The zero-order chi connectivity index (χ0) is 10.8. The summed E-state index contributed by atoms with van der Waals surface area (Å²) in [5, 5.41) is 19.1. The first-order valence-electron chi connectivity index (χ1n) is 4.84. The maximum atomic E-state index is 9.36. The first-order valence-corrected chi connectivity index (χ1v) is 4.84. The van der Waals surface area contributed by atoms with E-state index in [9.17, 15) is 5.11 Å². The number of aromatic nitrogens is 1. The number of hydrogen-bond donors (Lipinski definition) is 3. The summed E-state index contributed by atoms with van der Waals surface area (Å²) in [5.74, 6) is 0. The molecule has 1 atom stereocenters. The first kappa shape index (κ1) is 10.0. The highest BCUT2D eigenvalue weighted by Crippen LogP contribution is 2.21. The van der Waals surface area contributed by atoms with Crippen molar-refractivity contribution in [2.45, 2.75) is 12.6 Å². The molecule has 1 heterocycles. The largest absolute Gasteiger partial charge is 0.398 e. The van der Waals surface area contributed by atoms with E-state index in [1.165, 1.54) is 0 Å². The zero-order valence-electron chi connectivity index (χ0n) is 8.30. The van der Waals surface area contributed by atoms with Crippen molar-refractivity contribution in [3.63, 3.8) is 0 Å². The van der Waals surface area contributed by atoms with Gasteiger partial charge in [0.25, 0.3) is 0 Å². The normalized spacial score (nSPS) is 13.2. The van der Waals surface area contributed by atoms with Crippen LogP contribution in [0.4, 0.5) is 5.69 Å². The van der Waals surface area contributed by atoms with Crippen molar-refractivity contribution in [3.05, 3.63) is 30.5 Å². The van der Waals surface area contributed by atoms with Gasteiger partial charge in [0.1, 0.15) is 0 Å². The van der Waals surface area contributed by atoms with Gasteiger partial charge >= 0.3 is 0 Å². The van der Waals surface area contributed by atoms with Crippen LogP contribution in [0.1, 0.15) is 0 Å². The Bertz CT molecular complexity index is 465. The Kier molecular flexibility index (Phi) is 2.62. The highest BCUT2D eigenvalue weighted by atomic mass is 16.3. The van der Waals surface area contributed by atoms with E-state index in [4.69, 9.17) is 10.8 Å². The molecule has 2 rings (SSSR count). The molecule has 0 aliphatic heterocycles. The fourth-order valence-electron chi connectivity index (χ4n) is 1.69. The third kappa shape index (κ3) is 1.82. The van der Waals surface area contributed by atoms with Gasteiger partial charge in [-0.3, -0.25) is 0 Å². The number of nitrogen functional groups attached to an aromatic ring is 1. The van der Waals surface area contributed by atoms with E-state index >= 15 is 0 Å². The second-order valence-electron chi connectivity index (χ2n) is 3.58. The molecule has 0 aliphatic carbocycles. The topological polar surface area (TPSA) is 71.4 Å². The summed E-state index contributed by atoms with van der Waals surface area (Å²) in [6.45, 7) is 0.144. The lowest BCUT2D eigenvalue weighted by Crippen LogP contribution is -2.19. The standard InChI is InChI=1S/C11H14N2O2/c12-10-2-1-3-11-9(10)4-5-13(11)6-8(15)7-14/h1-5,8,14-15H,6-7,12H2. The lowest BCUT2D eigenvalue weighted by molar-refractivity contribution is 0.0822. The van der Waals surface area contributed by atoms with E-state index in [1.807, 2.05) is 35.0 Å². The lowest BCUT2D eigenvalue weighted by atomic mass is 10.2. The predicted molar refractivity (Wildman–Crippen MR) is 59.4 cm³/mol. The fourth-order valence-corrected chi connectivity index (χ4v) is 1.69. The average Bonchev–Trinajstić information content (AvgIpc) is 2.63. The minimum Gasteiger partial charge on any atom is -0.398 e. The van der Waals surface area contributed by atoms with Crippen LogP contribution in [0, 0.1) is 0 Å². The summed E-state index contributed by atoms with van der Waals surface area (Å²) in [7, 11) is 0. The molecule has 80 valence electrons. The number of nitrogens with two attached hydrogens (primary N) is 1. The van der Waals surface area contributed by atoms with E-state index in [1.54, 1.807) is 0 Å². The Morgan fingerprint density at radius 2 is 2.13 bits per heavy atom. The summed E-state index contributed by atoms with van der Waals surface area (Å²) in [4.78, 5) is 0. The van der Waals surface area contributed by atoms with Crippen molar-refractivity contribution < 1.29 is 10.2 Å². The molecule has 1 unspecified atom stereocenters. The highest BCUT2D eigenvalue weighted by Gasteiger charge is 2.07. The molecule has 0 fully saturated rings. The fraction of sp³-hybridized carbons (Fsp3) is 0.273. The maximum absolute atomic E-state index is 9.36. The van der Waals surface area contributed by atoms with Gasteiger partial charge < -0.3 is 20.5 Å². The summed E-state index contributed by atoms with van der Waals surface area (Å²) < 4.78 is 1.88.